The van der Waals surface area contributed by atoms with Crippen LogP contribution in [0.3, 0.4) is 0 Å². The number of nitrogens with zero attached hydrogens (tertiary/aromatic N) is 2. The molecule has 6 nitrogen and oxygen atoms in total. The lowest BCUT2D eigenvalue weighted by Gasteiger charge is -2.14. The van der Waals surface area contributed by atoms with Crippen molar-refractivity contribution in [2.45, 2.75) is 4.90 Å². The van der Waals surface area contributed by atoms with E-state index in [2.05, 4.69) is 35.9 Å². The number of nitrogens with one attached hydrogen (secondary N) is 2. The van der Waals surface area contributed by atoms with Gasteiger partial charge in [-0.25, -0.2) is 18.4 Å². The van der Waals surface area contributed by atoms with E-state index in [1.54, 1.807) is 24.3 Å². The molecule has 3 aromatic carbocycles. The molecule has 0 aliphatic heterocycles. The first-order valence-corrected chi connectivity index (χ1v) is 10.7. The Hall–Kier alpha value is -2.97. The molecule has 0 atom stereocenters. The summed E-state index contributed by atoms with van der Waals surface area (Å²) in [5.41, 5.74) is 2.01. The predicted octanol–water partition coefficient (Wildman–Crippen LogP) is 4.94. The van der Waals surface area contributed by atoms with E-state index in [1.807, 2.05) is 42.5 Å². The predicted molar refractivity (Wildman–Crippen MR) is 114 cm³/mol. The normalized spacial score (nSPS) is 11.3. The molecule has 4 rings (SSSR count). The summed E-state index contributed by atoms with van der Waals surface area (Å²) < 4.78 is 29.0. The molecule has 0 unspecified atom stereocenters. The molecule has 8 heteroatoms. The van der Waals surface area contributed by atoms with Gasteiger partial charge in [-0.3, -0.25) is 4.72 Å². The van der Waals surface area contributed by atoms with Crippen LogP contribution in [0.4, 0.5) is 17.3 Å². The van der Waals surface area contributed by atoms with Gasteiger partial charge in [0.05, 0.1) is 15.9 Å². The summed E-state index contributed by atoms with van der Waals surface area (Å²) in [5, 5.41) is 3.14. The topological polar surface area (TPSA) is 84.0 Å². The number of hydrogen-bond donors (Lipinski definition) is 2. The lowest BCUT2D eigenvalue weighted by atomic mass is 10.3. The second-order valence-corrected chi connectivity index (χ2v) is 8.56. The zero-order valence-corrected chi connectivity index (χ0v) is 16.9. The highest BCUT2D eigenvalue weighted by molar-refractivity contribution is 9.10. The van der Waals surface area contributed by atoms with Crippen LogP contribution in [0.25, 0.3) is 11.0 Å². The Morgan fingerprint density at radius 1 is 0.714 bits per heavy atom. The van der Waals surface area contributed by atoms with E-state index >= 15 is 0 Å². The zero-order valence-electron chi connectivity index (χ0n) is 14.5. The average molecular weight is 455 g/mol. The van der Waals surface area contributed by atoms with Crippen LogP contribution < -0.4 is 10.0 Å². The van der Waals surface area contributed by atoms with Gasteiger partial charge in [0.1, 0.15) is 0 Å². The van der Waals surface area contributed by atoms with E-state index in [1.165, 1.54) is 12.1 Å². The van der Waals surface area contributed by atoms with Crippen molar-refractivity contribution in [2.75, 3.05) is 10.0 Å². The second-order valence-electron chi connectivity index (χ2n) is 5.96. The summed E-state index contributed by atoms with van der Waals surface area (Å²) in [6.45, 7) is 0. The van der Waals surface area contributed by atoms with E-state index in [-0.39, 0.29) is 10.7 Å². The Morgan fingerprint density at radius 2 is 1.29 bits per heavy atom. The van der Waals surface area contributed by atoms with Gasteiger partial charge in [-0.2, -0.15) is 0 Å². The molecule has 140 valence electrons. The summed E-state index contributed by atoms with van der Waals surface area (Å²) in [6, 6.07) is 22.9. The van der Waals surface area contributed by atoms with Crippen molar-refractivity contribution in [3.05, 3.63) is 83.3 Å². The highest BCUT2D eigenvalue weighted by Gasteiger charge is 2.18. The molecule has 28 heavy (non-hydrogen) atoms. The fourth-order valence-corrected chi connectivity index (χ4v) is 3.91. The van der Waals surface area contributed by atoms with Crippen LogP contribution in [0, 0.1) is 0 Å². The maximum Gasteiger partial charge on any atom is 0.263 e. The minimum absolute atomic E-state index is 0.130. The van der Waals surface area contributed by atoms with E-state index in [0.717, 1.165) is 10.2 Å². The molecule has 1 aromatic heterocycles. The second kappa shape index (κ2) is 7.57. The smallest absolute Gasteiger partial charge is 0.263 e. The molecule has 1 heterocycles. The Labute approximate surface area is 170 Å². The van der Waals surface area contributed by atoms with Gasteiger partial charge in [-0.1, -0.05) is 46.3 Å². The van der Waals surface area contributed by atoms with E-state index < -0.39 is 10.0 Å². The minimum Gasteiger partial charge on any atom is -0.337 e. The number of aromatic nitrogens is 2. The molecule has 0 spiro atoms. The molecule has 0 saturated carbocycles. The van der Waals surface area contributed by atoms with Gasteiger partial charge in [0.2, 0.25) is 0 Å². The third kappa shape index (κ3) is 3.97. The van der Waals surface area contributed by atoms with Crippen molar-refractivity contribution < 1.29 is 8.42 Å². The Bertz CT molecular complexity index is 1230. The van der Waals surface area contributed by atoms with Crippen molar-refractivity contribution in [1.29, 1.82) is 0 Å². The van der Waals surface area contributed by atoms with Gasteiger partial charge < -0.3 is 5.32 Å². The van der Waals surface area contributed by atoms with E-state index in [4.69, 9.17) is 0 Å². The van der Waals surface area contributed by atoms with Crippen molar-refractivity contribution in [3.8, 4) is 0 Å². The molecule has 2 N–H and O–H groups in total. The number of rotatable bonds is 5. The van der Waals surface area contributed by atoms with Gasteiger partial charge in [-0.15, -0.1) is 0 Å². The maximum atomic E-state index is 12.8. The average Bonchev–Trinajstić information content (AvgIpc) is 2.70. The first-order chi connectivity index (χ1) is 13.5. The molecule has 0 saturated heterocycles. The summed E-state index contributed by atoms with van der Waals surface area (Å²) in [7, 11) is -3.80. The molecule has 0 aliphatic carbocycles. The molecule has 4 aromatic rings. The molecule has 0 radical (unpaired) electrons. The first-order valence-electron chi connectivity index (χ1n) is 8.38. The number of halogens is 1. The molecule has 0 amide bonds. The van der Waals surface area contributed by atoms with Crippen LogP contribution in [0.1, 0.15) is 0 Å². The molecular formula is C20H15BrN4O2S. The molecule has 0 bridgehead atoms. The summed E-state index contributed by atoms with van der Waals surface area (Å²) in [6.07, 6.45) is 0. The fraction of sp³-hybridized carbons (Fsp3) is 0. The Balaban J connectivity index is 1.78. The highest BCUT2D eigenvalue weighted by atomic mass is 79.9. The van der Waals surface area contributed by atoms with Crippen LogP contribution in [0.5, 0.6) is 0 Å². The van der Waals surface area contributed by atoms with Gasteiger partial charge in [0.25, 0.3) is 10.0 Å². The number of para-hydroxylation sites is 2. The lowest BCUT2D eigenvalue weighted by molar-refractivity contribution is 0.601. The van der Waals surface area contributed by atoms with Gasteiger partial charge in [0.15, 0.2) is 11.6 Å². The number of sulfonamides is 1. The van der Waals surface area contributed by atoms with E-state index in [9.17, 15) is 8.42 Å². The molecule has 0 aliphatic rings. The zero-order chi connectivity index (χ0) is 19.6. The van der Waals surface area contributed by atoms with Gasteiger partial charge in [-0.05, 0) is 48.5 Å². The number of anilines is 3. The van der Waals surface area contributed by atoms with Gasteiger partial charge >= 0.3 is 0 Å². The summed E-state index contributed by atoms with van der Waals surface area (Å²) in [5.74, 6) is 0.450. The number of benzene rings is 3. The SMILES string of the molecule is O=S(=O)(Nc1nc2ccccc2nc1Nc1ccc(Br)cc1)c1ccccc1. The first kappa shape index (κ1) is 18.4. The summed E-state index contributed by atoms with van der Waals surface area (Å²) in [4.78, 5) is 9.19. The molecule has 0 fully saturated rings. The lowest BCUT2D eigenvalue weighted by Crippen LogP contribution is -2.15. The third-order valence-corrected chi connectivity index (χ3v) is 5.85. The van der Waals surface area contributed by atoms with Crippen molar-refractivity contribution in [1.82, 2.24) is 9.97 Å². The van der Waals surface area contributed by atoms with Crippen LogP contribution in [0.2, 0.25) is 0 Å². The Kier molecular flexibility index (Phi) is 4.97. The van der Waals surface area contributed by atoms with Crippen molar-refractivity contribution in [2.24, 2.45) is 0 Å². The Morgan fingerprint density at radius 3 is 1.93 bits per heavy atom. The maximum absolute atomic E-state index is 12.8. The number of fused-ring (bicyclic) bond motifs is 1. The summed E-state index contributed by atoms with van der Waals surface area (Å²) >= 11 is 3.40. The third-order valence-electron chi connectivity index (χ3n) is 3.96. The fourth-order valence-electron chi connectivity index (χ4n) is 2.61. The highest BCUT2D eigenvalue weighted by Crippen LogP contribution is 2.27. The largest absolute Gasteiger partial charge is 0.337 e. The van der Waals surface area contributed by atoms with Crippen LogP contribution in [-0.4, -0.2) is 18.4 Å². The van der Waals surface area contributed by atoms with Crippen LogP contribution >= 0.6 is 15.9 Å². The standard InChI is InChI=1S/C20H15BrN4O2S/c21-14-10-12-15(13-11-14)22-19-20(24-18-9-5-4-8-17(18)23-19)25-28(26,27)16-6-2-1-3-7-16/h1-13H,(H,22,23)(H,24,25). The van der Waals surface area contributed by atoms with Crippen molar-refractivity contribution >= 4 is 54.3 Å². The molecular weight excluding hydrogens is 440 g/mol. The van der Waals surface area contributed by atoms with E-state index in [0.29, 0.717) is 16.9 Å². The monoisotopic (exact) mass is 454 g/mol. The number of hydrogen-bond acceptors (Lipinski definition) is 5. The quantitative estimate of drug-likeness (QED) is 0.446. The van der Waals surface area contributed by atoms with Gasteiger partial charge in [0, 0.05) is 10.2 Å². The van der Waals surface area contributed by atoms with Crippen LogP contribution in [0.15, 0.2) is 88.2 Å². The van der Waals surface area contributed by atoms with Crippen LogP contribution in [-0.2, 0) is 10.0 Å². The van der Waals surface area contributed by atoms with Crippen molar-refractivity contribution in [3.63, 3.8) is 0 Å². The minimum atomic E-state index is -3.80.